The topological polar surface area (TPSA) is 100 Å². The van der Waals surface area contributed by atoms with E-state index >= 15 is 0 Å². The van der Waals surface area contributed by atoms with Gasteiger partial charge in [0.05, 0.1) is 23.1 Å². The lowest BCUT2D eigenvalue weighted by molar-refractivity contribution is -0.144. The third-order valence-electron chi connectivity index (χ3n) is 8.73. The highest BCUT2D eigenvalue weighted by molar-refractivity contribution is 7.91. The first kappa shape index (κ1) is 28.1. The molecule has 2 saturated heterocycles. The van der Waals surface area contributed by atoms with Crippen LogP contribution in [-0.2, 0) is 27.8 Å². The van der Waals surface area contributed by atoms with Crippen LogP contribution in [0.3, 0.4) is 0 Å². The van der Waals surface area contributed by atoms with Crippen LogP contribution in [0, 0.1) is 30.5 Å². The number of aryl methyl sites for hydroxylation is 1. The Hall–Kier alpha value is -3.02. The number of aromatic nitrogens is 1. The molecule has 2 aliphatic heterocycles. The maximum atomic E-state index is 14.3. The molecule has 3 fully saturated rings. The van der Waals surface area contributed by atoms with Gasteiger partial charge in [-0.3, -0.25) is 9.69 Å². The number of piperidine rings is 1. The molecule has 218 valence electrons. The number of halogens is 1. The minimum absolute atomic E-state index is 0.136. The van der Waals surface area contributed by atoms with Crippen LogP contribution in [0.15, 0.2) is 41.8 Å². The van der Waals surface area contributed by atoms with Crippen molar-refractivity contribution >= 4 is 32.3 Å². The summed E-state index contributed by atoms with van der Waals surface area (Å²) >= 11 is 1.49. The summed E-state index contributed by atoms with van der Waals surface area (Å²) in [6.45, 7) is 5.52. The van der Waals surface area contributed by atoms with Crippen LogP contribution in [0.4, 0.5) is 9.52 Å². The van der Waals surface area contributed by atoms with Crippen molar-refractivity contribution < 1.29 is 27.4 Å². The van der Waals surface area contributed by atoms with Crippen molar-refractivity contribution in [2.75, 3.05) is 42.6 Å². The number of aliphatic carboxylic acids is 1. The van der Waals surface area contributed by atoms with E-state index in [1.807, 2.05) is 24.4 Å². The number of carboxylic acid groups (broad SMARTS) is 1. The number of fused-ring (bicyclic) bond motifs is 2. The van der Waals surface area contributed by atoms with E-state index in [4.69, 9.17) is 9.72 Å². The van der Waals surface area contributed by atoms with Crippen LogP contribution in [-0.4, -0.2) is 67.1 Å². The minimum atomic E-state index is -2.90. The lowest BCUT2D eigenvalue weighted by Crippen LogP contribution is -2.44. The normalized spacial score (nSPS) is 24.0. The average molecular weight is 600 g/mol. The molecule has 0 radical (unpaired) electrons. The molecule has 11 heteroatoms. The molecule has 1 N–H and O–H groups in total. The summed E-state index contributed by atoms with van der Waals surface area (Å²) in [5.41, 5.74) is 4.45. The molecule has 1 aliphatic carbocycles. The molecule has 8 nitrogen and oxygen atoms in total. The first-order chi connectivity index (χ1) is 19.6. The molecule has 3 heterocycles. The second-order valence-corrected chi connectivity index (χ2v) is 14.6. The molecule has 0 spiro atoms. The smallest absolute Gasteiger partial charge is 0.307 e. The minimum Gasteiger partial charge on any atom is -0.488 e. The first-order valence-corrected chi connectivity index (χ1v) is 16.7. The molecular formula is C30H34FN3O5S2. The Balaban J connectivity index is 1.13. The fraction of sp³-hybridized carbons (Fsp3) is 0.467. The summed E-state index contributed by atoms with van der Waals surface area (Å²) in [4.78, 5) is 20.9. The van der Waals surface area contributed by atoms with Gasteiger partial charge in [0.2, 0.25) is 0 Å². The number of ether oxygens (including phenoxy) is 1. The van der Waals surface area contributed by atoms with E-state index in [-0.39, 0.29) is 35.1 Å². The van der Waals surface area contributed by atoms with Crippen LogP contribution in [0.2, 0.25) is 0 Å². The van der Waals surface area contributed by atoms with Gasteiger partial charge in [0, 0.05) is 43.7 Å². The van der Waals surface area contributed by atoms with Gasteiger partial charge in [0.25, 0.3) is 0 Å². The Kier molecular flexibility index (Phi) is 7.78. The predicted molar refractivity (Wildman–Crippen MR) is 157 cm³/mol. The monoisotopic (exact) mass is 599 g/mol. The van der Waals surface area contributed by atoms with Crippen molar-refractivity contribution in [1.82, 2.24) is 9.88 Å². The number of nitrogens with zero attached hydrogens (tertiary/aromatic N) is 3. The van der Waals surface area contributed by atoms with Gasteiger partial charge >= 0.3 is 5.97 Å². The molecule has 0 amide bonds. The van der Waals surface area contributed by atoms with Gasteiger partial charge in [-0.05, 0) is 66.5 Å². The van der Waals surface area contributed by atoms with Gasteiger partial charge in [0.15, 0.2) is 15.0 Å². The third-order valence-corrected chi connectivity index (χ3v) is 11.2. The molecule has 6 rings (SSSR count). The summed E-state index contributed by atoms with van der Waals surface area (Å²) in [6, 6.07) is 10.7. The largest absolute Gasteiger partial charge is 0.488 e. The molecule has 2 aromatic carbocycles. The highest BCUT2D eigenvalue weighted by atomic mass is 32.2. The van der Waals surface area contributed by atoms with Crippen LogP contribution < -0.4 is 9.64 Å². The van der Waals surface area contributed by atoms with E-state index in [9.17, 15) is 22.7 Å². The Morgan fingerprint density at radius 3 is 2.54 bits per heavy atom. The average Bonchev–Trinajstić information content (AvgIpc) is 3.53. The summed E-state index contributed by atoms with van der Waals surface area (Å²) in [5.74, 6) is -0.0857. The van der Waals surface area contributed by atoms with Crippen LogP contribution in [0.5, 0.6) is 5.75 Å². The zero-order valence-corrected chi connectivity index (χ0v) is 24.6. The number of anilines is 1. The second kappa shape index (κ2) is 11.3. The van der Waals surface area contributed by atoms with E-state index in [1.54, 1.807) is 6.07 Å². The molecule has 2 atom stereocenters. The van der Waals surface area contributed by atoms with E-state index in [0.717, 1.165) is 34.7 Å². The van der Waals surface area contributed by atoms with Crippen molar-refractivity contribution in [2.24, 2.45) is 17.8 Å². The van der Waals surface area contributed by atoms with E-state index in [2.05, 4.69) is 15.9 Å². The molecule has 1 aromatic heterocycles. The molecule has 3 aliphatic rings. The van der Waals surface area contributed by atoms with Crippen LogP contribution >= 0.6 is 11.3 Å². The maximum Gasteiger partial charge on any atom is 0.307 e. The first-order valence-electron chi connectivity index (χ1n) is 14.0. The Morgan fingerprint density at radius 2 is 1.85 bits per heavy atom. The number of hydrogen-bond acceptors (Lipinski definition) is 8. The molecular weight excluding hydrogens is 565 g/mol. The Bertz CT molecular complexity index is 1530. The van der Waals surface area contributed by atoms with Crippen molar-refractivity contribution in [1.29, 1.82) is 0 Å². The van der Waals surface area contributed by atoms with Gasteiger partial charge in [0.1, 0.15) is 18.2 Å². The molecule has 1 saturated carbocycles. The fourth-order valence-corrected chi connectivity index (χ4v) is 8.61. The van der Waals surface area contributed by atoms with E-state index in [1.165, 1.54) is 23.5 Å². The predicted octanol–water partition coefficient (Wildman–Crippen LogP) is 4.61. The zero-order chi connectivity index (χ0) is 28.7. The van der Waals surface area contributed by atoms with E-state index in [0.29, 0.717) is 56.3 Å². The maximum absolute atomic E-state index is 14.3. The molecule has 41 heavy (non-hydrogen) atoms. The lowest BCUT2D eigenvalue weighted by Gasteiger charge is -2.35. The number of sulfone groups is 1. The van der Waals surface area contributed by atoms with Gasteiger partial charge < -0.3 is 14.7 Å². The van der Waals surface area contributed by atoms with Crippen LogP contribution in [0.1, 0.15) is 29.5 Å². The summed E-state index contributed by atoms with van der Waals surface area (Å²) in [6.07, 6.45) is 1.86. The number of thiazole rings is 1. The second-order valence-electron chi connectivity index (χ2n) is 11.5. The Morgan fingerprint density at radius 1 is 1.12 bits per heavy atom. The third kappa shape index (κ3) is 6.12. The van der Waals surface area contributed by atoms with E-state index < -0.39 is 15.8 Å². The number of benzene rings is 2. The van der Waals surface area contributed by atoms with Crippen molar-refractivity contribution in [2.45, 2.75) is 32.9 Å². The summed E-state index contributed by atoms with van der Waals surface area (Å²) in [5, 5.41) is 12.4. The standard InChI is InChI=1S/C30H34FN3O5S2/c1-19-12-20(14-33-8-10-41(37,38)11-9-33)2-3-23(19)17-39-27-7-6-24(31)13-25(27)26-18-40-30(32-26)34-15-21-4-5-22(16-34)28(21)29(35)36/h2-3,6-7,12-13,18,21-22,28H,4-5,8-11,14-17H2,1H3,(H,35,36). The van der Waals surface area contributed by atoms with Gasteiger partial charge in [-0.15, -0.1) is 11.3 Å². The van der Waals surface area contributed by atoms with Gasteiger partial charge in [-0.1, -0.05) is 18.2 Å². The van der Waals surface area contributed by atoms with Crippen LogP contribution in [0.25, 0.3) is 11.3 Å². The number of carbonyl (C=O) groups is 1. The quantitative estimate of drug-likeness (QED) is 0.401. The lowest BCUT2D eigenvalue weighted by atomic mass is 9.85. The van der Waals surface area contributed by atoms with Crippen molar-refractivity contribution in [3.8, 4) is 17.0 Å². The zero-order valence-electron chi connectivity index (χ0n) is 23.0. The highest BCUT2D eigenvalue weighted by Crippen LogP contribution is 2.44. The molecule has 3 aromatic rings. The number of rotatable bonds is 8. The van der Waals surface area contributed by atoms with Crippen molar-refractivity contribution in [3.05, 3.63) is 64.3 Å². The fourth-order valence-electron chi connectivity index (χ4n) is 6.48. The highest BCUT2D eigenvalue weighted by Gasteiger charge is 2.46. The van der Waals surface area contributed by atoms with Gasteiger partial charge in [-0.25, -0.2) is 17.8 Å². The SMILES string of the molecule is Cc1cc(CN2CCS(=O)(=O)CC2)ccc1COc1ccc(F)cc1-c1csc(N2CC3CCC(C2)C3C(=O)O)n1. The van der Waals surface area contributed by atoms with Gasteiger partial charge in [-0.2, -0.15) is 0 Å². The summed E-state index contributed by atoms with van der Waals surface area (Å²) < 4.78 is 44.0. The number of hydrogen-bond donors (Lipinski definition) is 1. The molecule has 2 unspecified atom stereocenters. The number of carboxylic acids is 1. The molecule has 2 bridgehead atoms. The summed E-state index contributed by atoms with van der Waals surface area (Å²) in [7, 11) is -2.90. The van der Waals surface area contributed by atoms with Crippen molar-refractivity contribution in [3.63, 3.8) is 0 Å². The Labute approximate surface area is 243 Å².